The van der Waals surface area contributed by atoms with Gasteiger partial charge in [-0.15, -0.1) is 0 Å². The van der Waals surface area contributed by atoms with E-state index in [9.17, 15) is 0 Å². The van der Waals surface area contributed by atoms with Crippen LogP contribution in [0.4, 0.5) is 0 Å². The van der Waals surface area contributed by atoms with Crippen LogP contribution in [0.3, 0.4) is 0 Å². The van der Waals surface area contributed by atoms with Crippen LogP contribution in [-0.2, 0) is 16.3 Å². The first-order valence-electron chi connectivity index (χ1n) is 6.41. The van der Waals surface area contributed by atoms with E-state index in [1.165, 1.54) is 32.1 Å². The van der Waals surface area contributed by atoms with E-state index in [1.807, 2.05) is 0 Å². The van der Waals surface area contributed by atoms with Crippen molar-refractivity contribution in [1.29, 1.82) is 0 Å². The van der Waals surface area contributed by atoms with Crippen molar-refractivity contribution in [3.05, 3.63) is 12.2 Å². The van der Waals surface area contributed by atoms with Gasteiger partial charge in [0.1, 0.15) is 0 Å². The first kappa shape index (κ1) is 17.3. The van der Waals surface area contributed by atoms with Crippen molar-refractivity contribution >= 4 is 18.5 Å². The van der Waals surface area contributed by atoms with Crippen LogP contribution in [-0.4, -0.2) is 16.4 Å². The fraction of sp³-hybridized carbons (Fsp3) is 0.833. The van der Waals surface area contributed by atoms with Gasteiger partial charge in [-0.2, -0.15) is 0 Å². The smallest absolute Gasteiger partial charge is 0.321 e. The number of allylic oxidation sites excluding steroid dienone is 2. The zero-order valence-electron chi connectivity index (χ0n) is 10.7. The lowest BCUT2D eigenvalue weighted by Crippen LogP contribution is -1.91. The molecule has 0 aliphatic rings. The van der Waals surface area contributed by atoms with E-state index in [2.05, 4.69) is 30.9 Å². The molecule has 3 nitrogen and oxygen atoms in total. The second kappa shape index (κ2) is 11.4. The maximum absolute atomic E-state index is 8.81. The van der Waals surface area contributed by atoms with E-state index in [0.717, 1.165) is 19.3 Å². The second-order valence-corrected chi connectivity index (χ2v) is 6.78. The molecule has 0 amide bonds. The second-order valence-electron chi connectivity index (χ2n) is 4.11. The van der Waals surface area contributed by atoms with E-state index in [-0.39, 0.29) is 0 Å². The van der Waals surface area contributed by atoms with Crippen LogP contribution in [0.5, 0.6) is 0 Å². The maximum Gasteiger partial charge on any atom is 0.321 e. The Morgan fingerprint density at radius 3 is 2.18 bits per heavy atom. The first-order chi connectivity index (χ1) is 8.06. The topological polar surface area (TPSA) is 49.7 Å². The molecule has 0 spiro atoms. The van der Waals surface area contributed by atoms with Crippen molar-refractivity contribution in [3.63, 3.8) is 0 Å². The molecule has 0 saturated carbocycles. The zero-order chi connectivity index (χ0) is 13.0. The van der Waals surface area contributed by atoms with E-state index in [1.54, 1.807) is 0 Å². The van der Waals surface area contributed by atoms with Gasteiger partial charge in [-0.25, -0.2) is 0 Å². The summed E-state index contributed by atoms with van der Waals surface area (Å²) in [5.41, 5.74) is 0. The molecule has 5 heteroatoms. The lowest BCUT2D eigenvalue weighted by Gasteiger charge is -2.07. The average molecular weight is 280 g/mol. The lowest BCUT2D eigenvalue weighted by molar-refractivity contribution is 0.245. The Morgan fingerprint density at radius 2 is 1.59 bits per heavy atom. The fourth-order valence-corrected chi connectivity index (χ4v) is 2.13. The van der Waals surface area contributed by atoms with Gasteiger partial charge in [0, 0.05) is 0 Å². The van der Waals surface area contributed by atoms with Crippen LogP contribution >= 0.6 is 6.72 Å². The lowest BCUT2D eigenvalue weighted by atomic mass is 10.1. The van der Waals surface area contributed by atoms with Crippen molar-refractivity contribution in [2.75, 3.05) is 6.61 Å². The fourth-order valence-electron chi connectivity index (χ4n) is 1.54. The summed E-state index contributed by atoms with van der Waals surface area (Å²) in [7, 11) is 0. The summed E-state index contributed by atoms with van der Waals surface area (Å²) in [6, 6.07) is 0. The average Bonchev–Trinajstić information content (AvgIpc) is 2.24. The van der Waals surface area contributed by atoms with E-state index in [4.69, 9.17) is 14.3 Å². The Kier molecular flexibility index (Phi) is 11.5. The summed E-state index contributed by atoms with van der Waals surface area (Å²) in [4.78, 5) is 17.6. The van der Waals surface area contributed by atoms with Crippen LogP contribution in [0, 0.1) is 0 Å². The summed E-state index contributed by atoms with van der Waals surface area (Å²) in [6.07, 6.45) is 13.7. The van der Waals surface area contributed by atoms with Gasteiger partial charge in [-0.3, -0.25) is 0 Å². The number of hydrogen-bond donors (Lipinski definition) is 2. The molecule has 0 aliphatic carbocycles. The van der Waals surface area contributed by atoms with E-state index < -0.39 is 6.72 Å². The summed E-state index contributed by atoms with van der Waals surface area (Å²) < 4.78 is 4.73. The largest absolute Gasteiger partial charge is 0.325 e. The number of rotatable bonds is 11. The van der Waals surface area contributed by atoms with Gasteiger partial charge in [0.2, 0.25) is 0 Å². The van der Waals surface area contributed by atoms with Gasteiger partial charge in [-0.05, 0) is 37.5 Å². The van der Waals surface area contributed by atoms with Crippen molar-refractivity contribution in [2.24, 2.45) is 0 Å². The minimum absolute atomic E-state index is 0.365. The summed E-state index contributed by atoms with van der Waals surface area (Å²) in [6.45, 7) is -0.903. The van der Waals surface area contributed by atoms with E-state index in [0.29, 0.717) is 6.61 Å². The van der Waals surface area contributed by atoms with Crippen molar-refractivity contribution in [1.82, 2.24) is 0 Å². The van der Waals surface area contributed by atoms with Crippen LogP contribution in [0.1, 0.15) is 58.3 Å². The molecule has 0 rings (SSSR count). The molecule has 0 heterocycles. The molecule has 0 bridgehead atoms. The summed E-state index contributed by atoms with van der Waals surface area (Å²) in [5.74, 6) is 0. The highest BCUT2D eigenvalue weighted by molar-refractivity contribution is 8.06. The third-order valence-corrected chi connectivity index (χ3v) is 3.26. The highest BCUT2D eigenvalue weighted by Gasteiger charge is 2.05. The third kappa shape index (κ3) is 16.3. The number of hydrogen-bond acceptors (Lipinski definition) is 2. The molecule has 0 aromatic heterocycles. The zero-order valence-corrected chi connectivity index (χ0v) is 12.4. The highest BCUT2D eigenvalue weighted by Crippen LogP contribution is 2.36. The van der Waals surface area contributed by atoms with Gasteiger partial charge in [0.25, 0.3) is 0 Å². The monoisotopic (exact) mass is 280 g/mol. The molecule has 0 atom stereocenters. The van der Waals surface area contributed by atoms with Crippen molar-refractivity contribution in [2.45, 2.75) is 58.3 Å². The van der Waals surface area contributed by atoms with Gasteiger partial charge in [-0.1, -0.05) is 44.8 Å². The molecule has 0 fully saturated rings. The minimum Gasteiger partial charge on any atom is -0.325 e. The highest BCUT2D eigenvalue weighted by atomic mass is 32.5. The molecule has 0 aromatic rings. The summed E-state index contributed by atoms with van der Waals surface area (Å²) >= 11 is 4.35. The quantitative estimate of drug-likeness (QED) is 0.342. The van der Waals surface area contributed by atoms with E-state index >= 15 is 0 Å². The molecule has 0 aliphatic heterocycles. The molecule has 2 N–H and O–H groups in total. The van der Waals surface area contributed by atoms with Crippen LogP contribution in [0.2, 0.25) is 0 Å². The van der Waals surface area contributed by atoms with Gasteiger partial charge >= 0.3 is 6.72 Å². The van der Waals surface area contributed by atoms with Gasteiger partial charge < -0.3 is 14.3 Å². The van der Waals surface area contributed by atoms with Crippen LogP contribution < -0.4 is 0 Å². The molecule has 0 saturated heterocycles. The van der Waals surface area contributed by atoms with Crippen LogP contribution in [0.15, 0.2) is 12.2 Å². The normalized spacial score (nSPS) is 12.4. The van der Waals surface area contributed by atoms with Gasteiger partial charge in [0.05, 0.1) is 6.61 Å². The predicted molar refractivity (Wildman–Crippen MR) is 76.4 cm³/mol. The Balaban J connectivity index is 3.09. The molecule has 102 valence electrons. The standard InChI is InChI=1S/C12H25O3PS/c1-2-3-4-5-6-7-8-9-10-11-12-15-16(13,14)17/h3-4H,2,5-12H2,1H3,(H2,13,14,17). The molecule has 0 aromatic carbocycles. The molecular formula is C12H25O3PS. The van der Waals surface area contributed by atoms with Gasteiger partial charge in [0.15, 0.2) is 0 Å². The Bertz CT molecular complexity index is 238. The molecule has 0 unspecified atom stereocenters. The SMILES string of the molecule is CCC=CCCCCCCCCOP(O)(O)=S. The van der Waals surface area contributed by atoms with Crippen LogP contribution in [0.25, 0.3) is 0 Å². The number of unbranched alkanes of at least 4 members (excludes halogenated alkanes) is 6. The molecule has 0 radical (unpaired) electrons. The minimum atomic E-state index is -3.42. The Hall–Kier alpha value is 0.270. The molecular weight excluding hydrogens is 255 g/mol. The first-order valence-corrected chi connectivity index (χ1v) is 9.04. The summed E-state index contributed by atoms with van der Waals surface area (Å²) in [5, 5.41) is 0. The third-order valence-electron chi connectivity index (χ3n) is 2.43. The maximum atomic E-state index is 8.81. The molecule has 17 heavy (non-hydrogen) atoms. The van der Waals surface area contributed by atoms with Crippen molar-refractivity contribution in [3.8, 4) is 0 Å². The Labute approximate surface area is 110 Å². The Morgan fingerprint density at radius 1 is 1.00 bits per heavy atom. The predicted octanol–water partition coefficient (Wildman–Crippen LogP) is 3.91. The van der Waals surface area contributed by atoms with Crippen molar-refractivity contribution < 1.29 is 14.3 Å².